The molecule has 48 valence electrons. The highest BCUT2D eigenvalue weighted by Crippen LogP contribution is 2.09. The van der Waals surface area contributed by atoms with Crippen molar-refractivity contribution in [2.45, 2.75) is 6.92 Å². The van der Waals surface area contributed by atoms with Crippen molar-refractivity contribution in [3.63, 3.8) is 0 Å². The van der Waals surface area contributed by atoms with Crippen LogP contribution in [0.15, 0.2) is 6.20 Å². The summed E-state index contributed by atoms with van der Waals surface area (Å²) in [5, 5.41) is 10.8. The predicted molar refractivity (Wildman–Crippen MR) is 31.2 cm³/mol. The number of carbonyl (C=O) groups is 1. The number of carbonyl (C=O) groups excluding carboxylic acids is 1. The van der Waals surface area contributed by atoms with E-state index in [4.69, 9.17) is 0 Å². The monoisotopic (exact) mass is 142 g/mol. The number of hydrogen-bond donors (Lipinski definition) is 0. The molecule has 1 aromatic rings. The standard InChI is InChI=1S/C5H5NO2S/c1-3-6-2-4(9-3)5(7)8/h2H,1H3,(H,7,8)/p-1. The highest BCUT2D eigenvalue weighted by Gasteiger charge is 1.95. The highest BCUT2D eigenvalue weighted by atomic mass is 32.1. The molecule has 0 aliphatic heterocycles. The lowest BCUT2D eigenvalue weighted by molar-refractivity contribution is -0.254. The van der Waals surface area contributed by atoms with Crippen LogP contribution in [0.3, 0.4) is 0 Å². The molecule has 0 saturated heterocycles. The molecule has 1 heterocycles. The molecule has 9 heavy (non-hydrogen) atoms. The lowest BCUT2D eigenvalue weighted by Crippen LogP contribution is -2.20. The molecule has 0 saturated carbocycles. The first-order valence-electron chi connectivity index (χ1n) is 2.34. The summed E-state index contributed by atoms with van der Waals surface area (Å²) in [6.07, 6.45) is 1.30. The third-order valence-corrected chi connectivity index (χ3v) is 1.72. The Kier molecular flexibility index (Phi) is 1.48. The van der Waals surface area contributed by atoms with Gasteiger partial charge in [-0.05, 0) is 6.92 Å². The fourth-order valence-electron chi connectivity index (χ4n) is 0.456. The molecule has 1 aromatic heterocycles. The first kappa shape index (κ1) is 6.22. The van der Waals surface area contributed by atoms with Crippen molar-refractivity contribution in [3.8, 4) is 0 Å². The SMILES string of the molecule is Cc1ncc(C(=O)[O-])s1. The van der Waals surface area contributed by atoms with Crippen molar-refractivity contribution in [2.24, 2.45) is 0 Å². The van der Waals surface area contributed by atoms with Crippen LogP contribution in [0.1, 0.15) is 14.7 Å². The van der Waals surface area contributed by atoms with E-state index in [2.05, 4.69) is 4.98 Å². The maximum atomic E-state index is 10.1. The van der Waals surface area contributed by atoms with Crippen LogP contribution in [-0.4, -0.2) is 11.0 Å². The molecule has 0 aliphatic rings. The number of nitrogens with zero attached hydrogens (tertiary/aromatic N) is 1. The minimum Gasteiger partial charge on any atom is -0.544 e. The van der Waals surface area contributed by atoms with E-state index in [1.54, 1.807) is 6.92 Å². The summed E-state index contributed by atoms with van der Waals surface area (Å²) < 4.78 is 0. The van der Waals surface area contributed by atoms with Crippen molar-refractivity contribution < 1.29 is 9.90 Å². The summed E-state index contributed by atoms with van der Waals surface area (Å²) in [4.78, 5) is 14.0. The van der Waals surface area contributed by atoms with Crippen LogP contribution in [0.5, 0.6) is 0 Å². The lowest BCUT2D eigenvalue weighted by atomic mass is 10.6. The van der Waals surface area contributed by atoms with E-state index in [1.165, 1.54) is 6.20 Å². The Balaban J connectivity index is 2.98. The van der Waals surface area contributed by atoms with Crippen LogP contribution in [-0.2, 0) is 0 Å². The van der Waals surface area contributed by atoms with Crippen molar-refractivity contribution in [1.29, 1.82) is 0 Å². The van der Waals surface area contributed by atoms with Crippen LogP contribution < -0.4 is 5.11 Å². The number of carboxylic acid groups (broad SMARTS) is 1. The molecule has 0 fully saturated rings. The van der Waals surface area contributed by atoms with E-state index in [1.807, 2.05) is 0 Å². The van der Waals surface area contributed by atoms with E-state index in [0.717, 1.165) is 16.3 Å². The molecular formula is C5H4NO2S-. The molecule has 0 unspecified atom stereocenters. The quantitative estimate of drug-likeness (QED) is 0.546. The van der Waals surface area contributed by atoms with Crippen molar-refractivity contribution in [3.05, 3.63) is 16.1 Å². The van der Waals surface area contributed by atoms with Crippen LogP contribution in [0, 0.1) is 6.92 Å². The van der Waals surface area contributed by atoms with Crippen LogP contribution >= 0.6 is 11.3 Å². The average Bonchev–Trinajstić information content (AvgIpc) is 2.14. The second kappa shape index (κ2) is 2.14. The maximum absolute atomic E-state index is 10.1. The Morgan fingerprint density at radius 3 is 2.78 bits per heavy atom. The van der Waals surface area contributed by atoms with Gasteiger partial charge in [-0.3, -0.25) is 0 Å². The zero-order chi connectivity index (χ0) is 6.85. The molecule has 4 heteroatoms. The molecular weight excluding hydrogens is 138 g/mol. The van der Waals surface area contributed by atoms with E-state index < -0.39 is 5.97 Å². The van der Waals surface area contributed by atoms with Gasteiger partial charge in [0.1, 0.15) is 0 Å². The van der Waals surface area contributed by atoms with Crippen molar-refractivity contribution in [2.75, 3.05) is 0 Å². The summed E-state index contributed by atoms with van der Waals surface area (Å²) in [5.41, 5.74) is 0. The normalized spacial score (nSPS) is 9.44. The van der Waals surface area contributed by atoms with Crippen LogP contribution in [0.4, 0.5) is 0 Å². The highest BCUT2D eigenvalue weighted by molar-refractivity contribution is 7.13. The number of hydrogen-bond acceptors (Lipinski definition) is 4. The van der Waals surface area contributed by atoms with Gasteiger partial charge in [-0.1, -0.05) is 0 Å². The number of aryl methyl sites for hydroxylation is 1. The fourth-order valence-corrected chi connectivity index (χ4v) is 1.07. The summed E-state index contributed by atoms with van der Waals surface area (Å²) in [7, 11) is 0. The topological polar surface area (TPSA) is 53.0 Å². The van der Waals surface area contributed by atoms with Gasteiger partial charge in [0.15, 0.2) is 0 Å². The Morgan fingerprint density at radius 2 is 2.56 bits per heavy atom. The number of carboxylic acids is 1. The van der Waals surface area contributed by atoms with Crippen molar-refractivity contribution in [1.82, 2.24) is 4.98 Å². The third-order valence-electron chi connectivity index (χ3n) is 0.822. The van der Waals surface area contributed by atoms with E-state index in [-0.39, 0.29) is 4.88 Å². The van der Waals surface area contributed by atoms with Gasteiger partial charge in [0, 0.05) is 6.20 Å². The maximum Gasteiger partial charge on any atom is 0.0900 e. The van der Waals surface area contributed by atoms with Gasteiger partial charge in [0.25, 0.3) is 0 Å². The zero-order valence-electron chi connectivity index (χ0n) is 4.75. The second-order valence-electron chi connectivity index (χ2n) is 1.53. The number of thiazole rings is 1. The molecule has 0 aliphatic carbocycles. The number of aromatic nitrogens is 1. The number of aromatic carboxylic acids is 1. The second-order valence-corrected chi connectivity index (χ2v) is 2.77. The molecule has 0 atom stereocenters. The molecule has 1 rings (SSSR count). The van der Waals surface area contributed by atoms with Gasteiger partial charge in [0.05, 0.1) is 15.9 Å². The van der Waals surface area contributed by atoms with Crippen LogP contribution in [0.25, 0.3) is 0 Å². The van der Waals surface area contributed by atoms with E-state index >= 15 is 0 Å². The molecule has 0 amide bonds. The average molecular weight is 142 g/mol. The summed E-state index contributed by atoms with van der Waals surface area (Å²) in [6.45, 7) is 1.75. The van der Waals surface area contributed by atoms with Gasteiger partial charge in [-0.2, -0.15) is 0 Å². The molecule has 0 bridgehead atoms. The van der Waals surface area contributed by atoms with Gasteiger partial charge in [-0.15, -0.1) is 11.3 Å². The Labute approximate surface area is 56.0 Å². The van der Waals surface area contributed by atoms with Gasteiger partial charge < -0.3 is 9.90 Å². The summed E-state index contributed by atoms with van der Waals surface area (Å²) in [6, 6.07) is 0. The fraction of sp³-hybridized carbons (Fsp3) is 0.200. The molecule has 0 N–H and O–H groups in total. The molecule has 0 radical (unpaired) electrons. The third kappa shape index (κ3) is 1.26. The smallest absolute Gasteiger partial charge is 0.0900 e. The summed E-state index contributed by atoms with van der Waals surface area (Å²) in [5.74, 6) is -1.15. The molecule has 0 aromatic carbocycles. The Bertz CT molecular complexity index is 231. The van der Waals surface area contributed by atoms with Gasteiger partial charge in [-0.25, -0.2) is 4.98 Å². The van der Waals surface area contributed by atoms with Gasteiger partial charge in [0.2, 0.25) is 0 Å². The zero-order valence-corrected chi connectivity index (χ0v) is 5.57. The minimum absolute atomic E-state index is 0.188. The molecule has 3 nitrogen and oxygen atoms in total. The first-order chi connectivity index (χ1) is 4.20. The van der Waals surface area contributed by atoms with Gasteiger partial charge >= 0.3 is 0 Å². The number of rotatable bonds is 1. The molecule has 0 spiro atoms. The van der Waals surface area contributed by atoms with Crippen LogP contribution in [0.2, 0.25) is 0 Å². The van der Waals surface area contributed by atoms with Crippen molar-refractivity contribution >= 4 is 17.3 Å². The predicted octanol–water partition coefficient (Wildman–Crippen LogP) is -0.185. The Hall–Kier alpha value is -0.900. The van der Waals surface area contributed by atoms with E-state index in [0.29, 0.717) is 0 Å². The Morgan fingerprint density at radius 1 is 1.89 bits per heavy atom. The first-order valence-corrected chi connectivity index (χ1v) is 3.15. The van der Waals surface area contributed by atoms with E-state index in [9.17, 15) is 9.90 Å². The largest absolute Gasteiger partial charge is 0.544 e. The lowest BCUT2D eigenvalue weighted by Gasteiger charge is -1.90. The minimum atomic E-state index is -1.15. The summed E-state index contributed by atoms with van der Waals surface area (Å²) >= 11 is 1.12.